The van der Waals surface area contributed by atoms with E-state index in [1.807, 2.05) is 0 Å². The third kappa shape index (κ3) is 6.22. The molecule has 0 aliphatic carbocycles. The zero-order valence-corrected chi connectivity index (χ0v) is 14.6. The van der Waals surface area contributed by atoms with Gasteiger partial charge in [0.1, 0.15) is 18.8 Å². The number of azide groups is 1. The third-order valence-electron chi connectivity index (χ3n) is 3.14. The number of rotatable bonds is 6. The van der Waals surface area contributed by atoms with Gasteiger partial charge in [-0.05, 0) is 5.53 Å². The van der Waals surface area contributed by atoms with E-state index in [2.05, 4.69) is 10.0 Å². The SMILES string of the molecule is CC(=O)OCC1O[C@@H](OC(C)=O)C(N=[N+]=[N-])C(OC(C)=O)[C@H]1OC(C)=O. The fourth-order valence-electron chi connectivity index (χ4n) is 2.33. The van der Waals surface area contributed by atoms with Gasteiger partial charge < -0.3 is 23.7 Å². The molecule has 0 aromatic heterocycles. The van der Waals surface area contributed by atoms with Gasteiger partial charge in [0, 0.05) is 32.6 Å². The van der Waals surface area contributed by atoms with Crippen LogP contribution < -0.4 is 0 Å². The highest BCUT2D eigenvalue weighted by atomic mass is 16.7. The van der Waals surface area contributed by atoms with E-state index in [4.69, 9.17) is 29.2 Å². The molecule has 1 aliphatic rings. The lowest BCUT2D eigenvalue weighted by atomic mass is 9.97. The summed E-state index contributed by atoms with van der Waals surface area (Å²) >= 11 is 0. The van der Waals surface area contributed by atoms with Gasteiger partial charge in [-0.2, -0.15) is 0 Å². The van der Waals surface area contributed by atoms with Crippen LogP contribution in [0.3, 0.4) is 0 Å². The molecule has 0 N–H and O–H groups in total. The second-order valence-corrected chi connectivity index (χ2v) is 5.30. The van der Waals surface area contributed by atoms with E-state index in [0.29, 0.717) is 0 Å². The molecule has 1 saturated heterocycles. The van der Waals surface area contributed by atoms with E-state index >= 15 is 0 Å². The highest BCUT2D eigenvalue weighted by Crippen LogP contribution is 2.29. The number of hydrogen-bond donors (Lipinski definition) is 0. The van der Waals surface area contributed by atoms with Crippen molar-refractivity contribution in [2.75, 3.05) is 6.61 Å². The Hall–Kier alpha value is -2.85. The lowest BCUT2D eigenvalue weighted by molar-refractivity contribution is -0.267. The second-order valence-electron chi connectivity index (χ2n) is 5.30. The normalized spacial score (nSPS) is 27.5. The Balaban J connectivity index is 3.28. The fraction of sp³-hybridized carbons (Fsp3) is 0.714. The maximum absolute atomic E-state index is 11.5. The lowest BCUT2D eigenvalue weighted by Gasteiger charge is -2.42. The molecule has 26 heavy (non-hydrogen) atoms. The average molecular weight is 373 g/mol. The minimum atomic E-state index is -1.44. The summed E-state index contributed by atoms with van der Waals surface area (Å²) in [5.74, 6) is -2.90. The molecule has 1 fully saturated rings. The van der Waals surface area contributed by atoms with Crippen LogP contribution in [0.2, 0.25) is 0 Å². The molecular weight excluding hydrogens is 354 g/mol. The summed E-state index contributed by atoms with van der Waals surface area (Å²) < 4.78 is 25.5. The highest BCUT2D eigenvalue weighted by Gasteiger charge is 2.51. The predicted molar refractivity (Wildman–Crippen MR) is 81.1 cm³/mol. The van der Waals surface area contributed by atoms with Crippen LogP contribution in [0.15, 0.2) is 5.11 Å². The van der Waals surface area contributed by atoms with Crippen molar-refractivity contribution in [3.8, 4) is 0 Å². The lowest BCUT2D eigenvalue weighted by Crippen LogP contribution is -2.61. The van der Waals surface area contributed by atoms with E-state index in [-0.39, 0.29) is 6.61 Å². The Morgan fingerprint density at radius 2 is 1.46 bits per heavy atom. The largest absolute Gasteiger partial charge is 0.463 e. The Labute approximate surface area is 148 Å². The van der Waals surface area contributed by atoms with Crippen LogP contribution in [0.25, 0.3) is 10.4 Å². The average Bonchev–Trinajstić information content (AvgIpc) is 2.49. The van der Waals surface area contributed by atoms with Crippen molar-refractivity contribution in [3.05, 3.63) is 10.4 Å². The Morgan fingerprint density at radius 3 is 1.92 bits per heavy atom. The van der Waals surface area contributed by atoms with E-state index in [9.17, 15) is 19.2 Å². The van der Waals surface area contributed by atoms with Gasteiger partial charge in [-0.1, -0.05) is 5.11 Å². The van der Waals surface area contributed by atoms with Gasteiger partial charge in [0.25, 0.3) is 0 Å². The first kappa shape index (κ1) is 21.2. The smallest absolute Gasteiger partial charge is 0.304 e. The van der Waals surface area contributed by atoms with Crippen LogP contribution >= 0.6 is 0 Å². The van der Waals surface area contributed by atoms with Crippen LogP contribution in [0.4, 0.5) is 0 Å². The van der Waals surface area contributed by atoms with Gasteiger partial charge in [0.05, 0.1) is 0 Å². The summed E-state index contributed by atoms with van der Waals surface area (Å²) in [7, 11) is 0. The van der Waals surface area contributed by atoms with Gasteiger partial charge in [-0.3, -0.25) is 19.2 Å². The van der Waals surface area contributed by atoms with E-state index in [0.717, 1.165) is 27.7 Å². The molecule has 1 heterocycles. The van der Waals surface area contributed by atoms with E-state index < -0.39 is 54.5 Å². The van der Waals surface area contributed by atoms with Crippen molar-refractivity contribution in [2.45, 2.75) is 58.3 Å². The molecule has 0 aromatic carbocycles. The molecule has 0 amide bonds. The van der Waals surface area contributed by atoms with Gasteiger partial charge in [0.15, 0.2) is 12.2 Å². The number of esters is 4. The number of hydrogen-bond acceptors (Lipinski definition) is 10. The van der Waals surface area contributed by atoms with Crippen LogP contribution in [0, 0.1) is 0 Å². The van der Waals surface area contributed by atoms with Crippen molar-refractivity contribution in [1.82, 2.24) is 0 Å². The van der Waals surface area contributed by atoms with Gasteiger partial charge in [-0.15, -0.1) is 0 Å². The Bertz CT molecular complexity index is 617. The van der Waals surface area contributed by atoms with Gasteiger partial charge in [-0.25, -0.2) is 0 Å². The van der Waals surface area contributed by atoms with Crippen molar-refractivity contribution in [1.29, 1.82) is 0 Å². The summed E-state index contributed by atoms with van der Waals surface area (Å²) in [5, 5.41) is 3.44. The standard InChI is InChI=1S/C14H19N3O9/c1-6(18)22-5-10-12(23-7(2)19)13(24-8(3)20)11(16-17-15)14(26-10)25-9(4)21/h10-14H,5H2,1-4H3/t10?,11?,12-,13?,14+/m0/s1. The first-order valence-electron chi connectivity index (χ1n) is 7.50. The third-order valence-corrected chi connectivity index (χ3v) is 3.14. The molecule has 1 aliphatic heterocycles. The Morgan fingerprint density at radius 1 is 0.923 bits per heavy atom. The molecule has 12 heteroatoms. The fourth-order valence-corrected chi connectivity index (χ4v) is 2.33. The molecule has 5 atom stereocenters. The highest BCUT2D eigenvalue weighted by molar-refractivity contribution is 5.68. The minimum Gasteiger partial charge on any atom is -0.463 e. The van der Waals surface area contributed by atoms with E-state index in [1.165, 1.54) is 0 Å². The van der Waals surface area contributed by atoms with Crippen molar-refractivity contribution in [3.63, 3.8) is 0 Å². The van der Waals surface area contributed by atoms with Crippen LogP contribution in [0.1, 0.15) is 27.7 Å². The number of carbonyl (C=O) groups excluding carboxylic acids is 4. The minimum absolute atomic E-state index is 0.383. The number of nitrogens with zero attached hydrogens (tertiary/aromatic N) is 3. The zero-order chi connectivity index (χ0) is 19.9. The van der Waals surface area contributed by atoms with Crippen LogP contribution in [0.5, 0.6) is 0 Å². The first-order valence-corrected chi connectivity index (χ1v) is 7.50. The summed E-state index contributed by atoms with van der Waals surface area (Å²) in [6.07, 6.45) is -5.18. The molecule has 3 unspecified atom stereocenters. The number of carbonyl (C=O) groups is 4. The van der Waals surface area contributed by atoms with E-state index in [1.54, 1.807) is 0 Å². The topological polar surface area (TPSA) is 163 Å². The summed E-state index contributed by atoms with van der Waals surface area (Å²) in [4.78, 5) is 47.9. The molecule has 1 rings (SSSR count). The number of ether oxygens (including phenoxy) is 5. The first-order chi connectivity index (χ1) is 12.1. The molecule has 12 nitrogen and oxygen atoms in total. The molecular formula is C14H19N3O9. The zero-order valence-electron chi connectivity index (χ0n) is 14.6. The molecule has 0 aromatic rings. The summed E-state index contributed by atoms with van der Waals surface area (Å²) in [6, 6.07) is -1.33. The summed E-state index contributed by atoms with van der Waals surface area (Å²) in [5.41, 5.74) is 8.78. The quantitative estimate of drug-likeness (QED) is 0.210. The molecule has 0 saturated carbocycles. The molecule has 0 bridgehead atoms. The summed E-state index contributed by atoms with van der Waals surface area (Å²) in [6.45, 7) is 4.06. The predicted octanol–water partition coefficient (Wildman–Crippen LogP) is 0.380. The second kappa shape index (κ2) is 9.59. The maximum Gasteiger partial charge on any atom is 0.304 e. The molecule has 0 spiro atoms. The molecule has 144 valence electrons. The maximum atomic E-state index is 11.5. The Kier molecular flexibility index (Phi) is 7.81. The van der Waals surface area contributed by atoms with Crippen LogP contribution in [-0.2, 0) is 42.9 Å². The van der Waals surface area contributed by atoms with Gasteiger partial charge in [0.2, 0.25) is 6.29 Å². The molecule has 0 radical (unpaired) electrons. The van der Waals surface area contributed by atoms with Crippen LogP contribution in [-0.4, -0.2) is 61.1 Å². The van der Waals surface area contributed by atoms with Crippen molar-refractivity contribution in [2.24, 2.45) is 5.11 Å². The van der Waals surface area contributed by atoms with Gasteiger partial charge >= 0.3 is 23.9 Å². The monoisotopic (exact) mass is 373 g/mol. The van der Waals surface area contributed by atoms with Crippen molar-refractivity contribution < 1.29 is 42.9 Å². The van der Waals surface area contributed by atoms with Crippen molar-refractivity contribution >= 4 is 23.9 Å².